The largest absolute Gasteiger partial charge is 0.497 e. The molecule has 3 fully saturated rings. The lowest BCUT2D eigenvalue weighted by Gasteiger charge is -2.45. The molecule has 0 bridgehead atoms. The van der Waals surface area contributed by atoms with Crippen LogP contribution in [-0.2, 0) is 0 Å². The smallest absolute Gasteiger partial charge is 0.130 e. The van der Waals surface area contributed by atoms with Gasteiger partial charge in [0.1, 0.15) is 11.6 Å². The lowest BCUT2D eigenvalue weighted by atomic mass is 9.61. The van der Waals surface area contributed by atoms with Gasteiger partial charge in [0.25, 0.3) is 0 Å². The van der Waals surface area contributed by atoms with Crippen molar-refractivity contribution in [1.82, 2.24) is 0 Å². The van der Waals surface area contributed by atoms with Gasteiger partial charge in [-0.1, -0.05) is 12.1 Å². The van der Waals surface area contributed by atoms with Crippen molar-refractivity contribution in [3.8, 4) is 5.75 Å². The number of methoxy groups -OCH3 is 1. The van der Waals surface area contributed by atoms with E-state index in [1.54, 1.807) is 13.2 Å². The van der Waals surface area contributed by atoms with Crippen molar-refractivity contribution < 1.29 is 9.13 Å². The Morgan fingerprint density at radius 3 is 2.19 bits per heavy atom. The van der Waals surface area contributed by atoms with E-state index in [-0.39, 0.29) is 5.82 Å². The topological polar surface area (TPSA) is 9.23 Å². The molecule has 4 rings (SSSR count). The minimum absolute atomic E-state index is 0.0858. The Morgan fingerprint density at radius 2 is 1.52 bits per heavy atom. The Morgan fingerprint density at radius 1 is 0.889 bits per heavy atom. The third kappa shape index (κ3) is 4.10. The fraction of sp³-hybridized carbons (Fsp3) is 0.680. The second kappa shape index (κ2) is 8.37. The highest BCUT2D eigenvalue weighted by atomic mass is 19.1. The number of halogens is 1. The maximum atomic E-state index is 14.4. The van der Waals surface area contributed by atoms with E-state index in [9.17, 15) is 4.39 Å². The van der Waals surface area contributed by atoms with Crippen LogP contribution < -0.4 is 4.74 Å². The fourth-order valence-electron chi connectivity index (χ4n) is 6.47. The summed E-state index contributed by atoms with van der Waals surface area (Å²) in [6, 6.07) is 5.40. The number of allylic oxidation sites excluding steroid dienone is 1. The number of fused-ring (bicyclic) bond motifs is 1. The number of ether oxygens (including phenoxy) is 1. The van der Waals surface area contributed by atoms with Crippen LogP contribution in [0.5, 0.6) is 5.75 Å². The highest BCUT2D eigenvalue weighted by Gasteiger charge is 2.38. The van der Waals surface area contributed by atoms with Crippen LogP contribution in [0.3, 0.4) is 0 Å². The van der Waals surface area contributed by atoms with Gasteiger partial charge in [0, 0.05) is 6.07 Å². The zero-order chi connectivity index (χ0) is 18.8. The number of benzene rings is 1. The van der Waals surface area contributed by atoms with Crippen molar-refractivity contribution >= 4 is 0 Å². The van der Waals surface area contributed by atoms with Crippen molar-refractivity contribution in [2.24, 2.45) is 29.6 Å². The molecule has 0 aromatic heterocycles. The molecule has 4 unspecified atom stereocenters. The van der Waals surface area contributed by atoms with Gasteiger partial charge < -0.3 is 4.74 Å². The molecular formula is C25H35FO. The molecule has 0 saturated heterocycles. The quantitative estimate of drug-likeness (QED) is 0.512. The standard InChI is InChI=1S/C25H35FO/c1-3-17-4-5-22-15-21(11-10-20(22)14-17)18-6-8-19(9-7-18)24-13-12-23(27-2)16-25(24)26/h3,12-13,16-22H,1,4-11,14-15H2,2H3. The first kappa shape index (κ1) is 19.0. The van der Waals surface area contributed by atoms with E-state index >= 15 is 0 Å². The SMILES string of the molecule is C=CC1CCC2CC(C3CCC(c4ccc(OC)cc4F)CC3)CCC2C1. The van der Waals surface area contributed by atoms with Crippen LogP contribution in [-0.4, -0.2) is 7.11 Å². The lowest BCUT2D eigenvalue weighted by molar-refractivity contribution is 0.0718. The number of hydrogen-bond donors (Lipinski definition) is 0. The molecule has 148 valence electrons. The minimum Gasteiger partial charge on any atom is -0.497 e. The molecule has 1 aromatic rings. The maximum absolute atomic E-state index is 14.4. The monoisotopic (exact) mass is 370 g/mol. The van der Waals surface area contributed by atoms with E-state index in [1.165, 1.54) is 51.4 Å². The van der Waals surface area contributed by atoms with E-state index in [0.29, 0.717) is 11.7 Å². The summed E-state index contributed by atoms with van der Waals surface area (Å²) in [6.45, 7) is 4.02. The highest BCUT2D eigenvalue weighted by Crippen LogP contribution is 2.50. The normalized spacial score (nSPS) is 36.7. The summed E-state index contributed by atoms with van der Waals surface area (Å²) in [5, 5.41) is 0. The van der Waals surface area contributed by atoms with Crippen LogP contribution in [0.15, 0.2) is 30.9 Å². The van der Waals surface area contributed by atoms with Gasteiger partial charge in [-0.15, -0.1) is 6.58 Å². The Kier molecular flexibility index (Phi) is 5.90. The van der Waals surface area contributed by atoms with Crippen molar-refractivity contribution in [3.05, 3.63) is 42.2 Å². The molecule has 0 aliphatic heterocycles. The van der Waals surface area contributed by atoms with Crippen molar-refractivity contribution in [1.29, 1.82) is 0 Å². The van der Waals surface area contributed by atoms with Gasteiger partial charge >= 0.3 is 0 Å². The van der Waals surface area contributed by atoms with Crippen LogP contribution in [0.2, 0.25) is 0 Å². The van der Waals surface area contributed by atoms with Gasteiger partial charge in [-0.3, -0.25) is 0 Å². The zero-order valence-corrected chi connectivity index (χ0v) is 16.8. The van der Waals surface area contributed by atoms with Crippen LogP contribution in [0.4, 0.5) is 4.39 Å². The van der Waals surface area contributed by atoms with Gasteiger partial charge in [0.05, 0.1) is 7.11 Å². The molecule has 4 atom stereocenters. The predicted molar refractivity (Wildman–Crippen MR) is 110 cm³/mol. The van der Waals surface area contributed by atoms with Gasteiger partial charge in [-0.2, -0.15) is 0 Å². The van der Waals surface area contributed by atoms with E-state index in [4.69, 9.17) is 4.74 Å². The Balaban J connectivity index is 1.31. The molecule has 3 saturated carbocycles. The summed E-state index contributed by atoms with van der Waals surface area (Å²) < 4.78 is 19.6. The second-order valence-electron chi connectivity index (χ2n) is 9.40. The molecule has 1 aromatic carbocycles. The third-order valence-corrected chi connectivity index (χ3v) is 8.11. The highest BCUT2D eigenvalue weighted by molar-refractivity contribution is 5.31. The van der Waals surface area contributed by atoms with Crippen molar-refractivity contribution in [2.75, 3.05) is 7.11 Å². The van der Waals surface area contributed by atoms with Crippen LogP contribution >= 0.6 is 0 Å². The van der Waals surface area contributed by atoms with E-state index in [1.807, 2.05) is 12.1 Å². The zero-order valence-electron chi connectivity index (χ0n) is 16.8. The molecule has 0 heterocycles. The fourth-order valence-corrected chi connectivity index (χ4v) is 6.47. The Labute approximate surface area is 164 Å². The average molecular weight is 371 g/mol. The average Bonchev–Trinajstić information content (AvgIpc) is 2.73. The summed E-state index contributed by atoms with van der Waals surface area (Å²) in [6.07, 6.45) is 15.6. The van der Waals surface area contributed by atoms with Crippen LogP contribution in [0.1, 0.15) is 75.7 Å². The summed E-state index contributed by atoms with van der Waals surface area (Å²) in [5.74, 6) is 5.43. The van der Waals surface area contributed by atoms with E-state index in [0.717, 1.165) is 48.0 Å². The van der Waals surface area contributed by atoms with Crippen LogP contribution in [0, 0.1) is 35.4 Å². The lowest BCUT2D eigenvalue weighted by Crippen LogP contribution is -2.34. The first-order chi connectivity index (χ1) is 13.2. The van der Waals surface area contributed by atoms with Crippen molar-refractivity contribution in [3.63, 3.8) is 0 Å². The molecule has 3 aliphatic carbocycles. The molecular weight excluding hydrogens is 335 g/mol. The summed E-state index contributed by atoms with van der Waals surface area (Å²) in [7, 11) is 1.60. The molecule has 0 spiro atoms. The third-order valence-electron chi connectivity index (χ3n) is 8.11. The molecule has 0 amide bonds. The van der Waals surface area contributed by atoms with Gasteiger partial charge in [-0.25, -0.2) is 4.39 Å². The predicted octanol–water partition coefficient (Wildman–Crippen LogP) is 7.13. The second-order valence-corrected chi connectivity index (χ2v) is 9.40. The van der Waals surface area contributed by atoms with Crippen LogP contribution in [0.25, 0.3) is 0 Å². The summed E-state index contributed by atoms with van der Waals surface area (Å²) in [5.41, 5.74) is 0.903. The first-order valence-corrected chi connectivity index (χ1v) is 11.1. The minimum atomic E-state index is -0.0858. The molecule has 0 N–H and O–H groups in total. The molecule has 2 heteroatoms. The van der Waals surface area contributed by atoms with Gasteiger partial charge in [0.15, 0.2) is 0 Å². The van der Waals surface area contributed by atoms with Gasteiger partial charge in [-0.05, 0) is 111 Å². The molecule has 27 heavy (non-hydrogen) atoms. The van der Waals surface area contributed by atoms with E-state index in [2.05, 4.69) is 12.7 Å². The molecule has 3 aliphatic rings. The van der Waals surface area contributed by atoms with E-state index < -0.39 is 0 Å². The van der Waals surface area contributed by atoms with Gasteiger partial charge in [0.2, 0.25) is 0 Å². The number of hydrogen-bond acceptors (Lipinski definition) is 1. The maximum Gasteiger partial charge on any atom is 0.130 e. The van der Waals surface area contributed by atoms with Crippen molar-refractivity contribution in [2.45, 2.75) is 70.1 Å². The molecule has 0 radical (unpaired) electrons. The summed E-state index contributed by atoms with van der Waals surface area (Å²) in [4.78, 5) is 0. The Hall–Kier alpha value is -1.31. The summed E-state index contributed by atoms with van der Waals surface area (Å²) >= 11 is 0. The first-order valence-electron chi connectivity index (χ1n) is 11.1. The Bertz CT molecular complexity index is 646. The number of rotatable bonds is 4. The molecule has 1 nitrogen and oxygen atoms in total.